The highest BCUT2D eigenvalue weighted by Gasteiger charge is 2.41. The lowest BCUT2D eigenvalue weighted by Crippen LogP contribution is -2.51. The second-order valence-corrected chi connectivity index (χ2v) is 10.6. The van der Waals surface area contributed by atoms with Gasteiger partial charge < -0.3 is 4.74 Å². The molecule has 1 saturated carbocycles. The number of piperazine rings is 1. The number of aromatic nitrogens is 2. The highest BCUT2D eigenvalue weighted by atomic mass is 32.2. The summed E-state index contributed by atoms with van der Waals surface area (Å²) in [6.45, 7) is 3.77. The summed E-state index contributed by atoms with van der Waals surface area (Å²) >= 11 is 0. The molecule has 0 bridgehead atoms. The number of ether oxygens (including phenoxy) is 1. The van der Waals surface area contributed by atoms with Crippen LogP contribution < -0.4 is 4.74 Å². The molecule has 2 aromatic rings. The lowest BCUT2D eigenvalue weighted by Gasteiger charge is -2.36. The molecule has 3 fully saturated rings. The van der Waals surface area contributed by atoms with E-state index in [0.29, 0.717) is 37.0 Å². The predicted octanol–water partition coefficient (Wildman–Crippen LogP) is 2.08. The van der Waals surface area contributed by atoms with Crippen LogP contribution >= 0.6 is 0 Å². The molecule has 0 radical (unpaired) electrons. The Morgan fingerprint density at radius 1 is 1.06 bits per heavy atom. The van der Waals surface area contributed by atoms with Crippen LogP contribution in [0.1, 0.15) is 48.2 Å². The van der Waals surface area contributed by atoms with Crippen molar-refractivity contribution in [3.05, 3.63) is 47.9 Å². The summed E-state index contributed by atoms with van der Waals surface area (Å²) in [5.41, 5.74) is 1.54. The van der Waals surface area contributed by atoms with E-state index >= 15 is 0 Å². The average molecular weight is 443 g/mol. The Morgan fingerprint density at radius 2 is 1.84 bits per heavy atom. The normalized spacial score (nSPS) is 24.7. The van der Waals surface area contributed by atoms with Crippen molar-refractivity contribution in [2.45, 2.75) is 49.1 Å². The molecule has 8 nitrogen and oxygen atoms in total. The lowest BCUT2D eigenvalue weighted by molar-refractivity contribution is 0.101. The Morgan fingerprint density at radius 3 is 2.48 bits per heavy atom. The first-order valence-electron chi connectivity index (χ1n) is 10.7. The topological polar surface area (TPSA) is 92.7 Å². The maximum Gasteiger partial charge on any atom is 0.243 e. The minimum absolute atomic E-state index is 0.0245. The highest BCUT2D eigenvalue weighted by Crippen LogP contribution is 2.38. The van der Waals surface area contributed by atoms with E-state index < -0.39 is 10.0 Å². The van der Waals surface area contributed by atoms with Crippen LogP contribution in [0.25, 0.3) is 0 Å². The quantitative estimate of drug-likeness (QED) is 0.633. The van der Waals surface area contributed by atoms with Gasteiger partial charge >= 0.3 is 0 Å². The number of rotatable bonds is 6. The number of ketones is 1. The summed E-state index contributed by atoms with van der Waals surface area (Å²) in [5, 5.41) is 0. The molecule has 0 spiro atoms. The molecule has 3 heterocycles. The predicted molar refractivity (Wildman–Crippen MR) is 114 cm³/mol. The van der Waals surface area contributed by atoms with Crippen molar-refractivity contribution in [2.24, 2.45) is 0 Å². The van der Waals surface area contributed by atoms with Gasteiger partial charge in [-0.1, -0.05) is 12.1 Å². The van der Waals surface area contributed by atoms with Crippen molar-refractivity contribution in [2.75, 3.05) is 26.2 Å². The summed E-state index contributed by atoms with van der Waals surface area (Å²) in [7, 11) is -3.59. The van der Waals surface area contributed by atoms with Gasteiger partial charge in [0.2, 0.25) is 15.9 Å². The Kier molecular flexibility index (Phi) is 5.27. The molecule has 1 aromatic carbocycles. The van der Waals surface area contributed by atoms with E-state index in [1.807, 2.05) is 0 Å². The fourth-order valence-electron chi connectivity index (χ4n) is 4.43. The van der Waals surface area contributed by atoms with E-state index in [1.54, 1.807) is 28.8 Å². The van der Waals surface area contributed by atoms with Gasteiger partial charge in [0, 0.05) is 50.1 Å². The first kappa shape index (κ1) is 20.5. The molecule has 1 aromatic heterocycles. The molecular weight excluding hydrogens is 416 g/mol. The van der Waals surface area contributed by atoms with E-state index in [9.17, 15) is 13.2 Å². The molecular formula is C22H26N4O4S. The van der Waals surface area contributed by atoms with E-state index in [4.69, 9.17) is 4.74 Å². The molecule has 1 aliphatic carbocycles. The van der Waals surface area contributed by atoms with Gasteiger partial charge in [0.1, 0.15) is 6.10 Å². The molecule has 9 heteroatoms. The monoisotopic (exact) mass is 442 g/mol. The third-order valence-electron chi connectivity index (χ3n) is 6.37. The number of hydrogen-bond donors (Lipinski definition) is 0. The smallest absolute Gasteiger partial charge is 0.243 e. The second kappa shape index (κ2) is 7.96. The Balaban J connectivity index is 1.22. The summed E-state index contributed by atoms with van der Waals surface area (Å²) < 4.78 is 33.8. The Hall–Kier alpha value is -2.36. The SMILES string of the molecule is CC(=O)c1ccc(S(=O)(=O)N2CCN3C[C@H](Oc4cnc(C5CC5)cn4)C[C@H]3C2)cc1. The number of nitrogens with zero attached hydrogens (tertiary/aromatic N) is 4. The number of fused-ring (bicyclic) bond motifs is 1. The largest absolute Gasteiger partial charge is 0.472 e. The lowest BCUT2D eigenvalue weighted by atomic mass is 10.2. The number of benzene rings is 1. The maximum absolute atomic E-state index is 13.1. The van der Waals surface area contributed by atoms with Gasteiger partial charge in [-0.05, 0) is 31.9 Å². The van der Waals surface area contributed by atoms with Crippen molar-refractivity contribution in [1.82, 2.24) is 19.2 Å². The van der Waals surface area contributed by atoms with E-state index in [0.717, 1.165) is 18.7 Å². The van der Waals surface area contributed by atoms with Crippen LogP contribution in [0, 0.1) is 0 Å². The van der Waals surface area contributed by atoms with Gasteiger partial charge in [-0.25, -0.2) is 13.4 Å². The van der Waals surface area contributed by atoms with Crippen molar-refractivity contribution in [3.8, 4) is 5.88 Å². The van der Waals surface area contributed by atoms with Crippen LogP contribution in [0.3, 0.4) is 0 Å². The third-order valence-corrected chi connectivity index (χ3v) is 8.25. The van der Waals surface area contributed by atoms with Crippen LogP contribution in [-0.2, 0) is 10.0 Å². The third kappa shape index (κ3) is 4.22. The molecule has 3 aliphatic rings. The summed E-state index contributed by atoms with van der Waals surface area (Å²) in [4.78, 5) is 22.8. The van der Waals surface area contributed by atoms with E-state index in [1.165, 1.54) is 31.9 Å². The molecule has 31 heavy (non-hydrogen) atoms. The van der Waals surface area contributed by atoms with Crippen LogP contribution in [0.15, 0.2) is 41.6 Å². The number of carbonyl (C=O) groups is 1. The average Bonchev–Trinajstić information content (AvgIpc) is 3.54. The summed E-state index contributed by atoms with van der Waals surface area (Å²) in [6.07, 6.45) is 6.61. The van der Waals surface area contributed by atoms with E-state index in [-0.39, 0.29) is 22.8 Å². The van der Waals surface area contributed by atoms with Gasteiger partial charge in [0.05, 0.1) is 23.0 Å². The fraction of sp³-hybridized carbons (Fsp3) is 0.500. The zero-order chi connectivity index (χ0) is 21.6. The van der Waals surface area contributed by atoms with Gasteiger partial charge in [0.25, 0.3) is 0 Å². The molecule has 0 amide bonds. The molecule has 0 N–H and O–H groups in total. The molecule has 2 aliphatic heterocycles. The van der Waals surface area contributed by atoms with Crippen molar-refractivity contribution in [1.29, 1.82) is 0 Å². The van der Waals surface area contributed by atoms with Crippen molar-refractivity contribution >= 4 is 15.8 Å². The van der Waals surface area contributed by atoms with Crippen LogP contribution in [0.2, 0.25) is 0 Å². The maximum atomic E-state index is 13.1. The van der Waals surface area contributed by atoms with E-state index in [2.05, 4.69) is 14.9 Å². The Labute approximate surface area is 182 Å². The van der Waals surface area contributed by atoms with Crippen molar-refractivity contribution < 1.29 is 17.9 Å². The minimum Gasteiger partial charge on any atom is -0.472 e. The van der Waals surface area contributed by atoms with Gasteiger partial charge in [0.15, 0.2) is 5.78 Å². The summed E-state index contributed by atoms with van der Waals surface area (Å²) in [6, 6.07) is 6.29. The number of hydrogen-bond acceptors (Lipinski definition) is 7. The zero-order valence-electron chi connectivity index (χ0n) is 17.5. The molecule has 0 unspecified atom stereocenters. The van der Waals surface area contributed by atoms with Crippen LogP contribution in [-0.4, -0.2) is 71.7 Å². The van der Waals surface area contributed by atoms with Gasteiger partial charge in [-0.3, -0.25) is 14.7 Å². The highest BCUT2D eigenvalue weighted by molar-refractivity contribution is 7.89. The number of Topliss-reactive ketones (excluding diaryl/α,β-unsaturated/α-hetero) is 1. The van der Waals surface area contributed by atoms with Crippen LogP contribution in [0.5, 0.6) is 5.88 Å². The fourth-order valence-corrected chi connectivity index (χ4v) is 5.90. The molecule has 5 rings (SSSR count). The van der Waals surface area contributed by atoms with Gasteiger partial charge in [-0.2, -0.15) is 4.31 Å². The molecule has 164 valence electrons. The van der Waals surface area contributed by atoms with Crippen molar-refractivity contribution in [3.63, 3.8) is 0 Å². The molecule has 2 saturated heterocycles. The standard InChI is InChI=1S/C22H26N4O4S/c1-15(27)16-4-6-20(7-5-16)31(28,29)26-9-8-25-14-19(10-18(25)13-26)30-22-12-23-21(11-24-22)17-2-3-17/h4-7,11-12,17-19H,2-3,8-10,13-14H2,1H3/t18-,19+/m0/s1. The van der Waals surface area contributed by atoms with Crippen LogP contribution in [0.4, 0.5) is 0 Å². The molecule has 2 atom stereocenters. The first-order valence-corrected chi connectivity index (χ1v) is 12.2. The minimum atomic E-state index is -3.59. The number of carbonyl (C=O) groups excluding carboxylic acids is 1. The Bertz CT molecular complexity index is 1070. The zero-order valence-corrected chi connectivity index (χ0v) is 18.3. The number of sulfonamides is 1. The van der Waals surface area contributed by atoms with Gasteiger partial charge in [-0.15, -0.1) is 0 Å². The summed E-state index contributed by atoms with van der Waals surface area (Å²) in [5.74, 6) is 1.01. The second-order valence-electron chi connectivity index (χ2n) is 8.62. The first-order chi connectivity index (χ1) is 14.9.